The molecule has 1 fully saturated rings. The van der Waals surface area contributed by atoms with Gasteiger partial charge >= 0.3 is 5.97 Å². The van der Waals surface area contributed by atoms with E-state index in [1.165, 1.54) is 25.7 Å². The quantitative estimate of drug-likeness (QED) is 0.517. The number of ketones is 1. The van der Waals surface area contributed by atoms with Gasteiger partial charge in [0.15, 0.2) is 0 Å². The molecule has 0 radical (unpaired) electrons. The zero-order chi connectivity index (χ0) is 15.5. The van der Waals surface area contributed by atoms with Gasteiger partial charge < -0.3 is 5.11 Å². The van der Waals surface area contributed by atoms with Crippen molar-refractivity contribution in [3.8, 4) is 0 Å². The molecule has 0 heterocycles. The maximum atomic E-state index is 12.0. The summed E-state index contributed by atoms with van der Waals surface area (Å²) < 4.78 is 0. The third-order valence-corrected chi connectivity index (χ3v) is 4.83. The molecule has 0 aliphatic heterocycles. The van der Waals surface area contributed by atoms with Crippen molar-refractivity contribution in [1.82, 2.24) is 0 Å². The van der Waals surface area contributed by atoms with Crippen molar-refractivity contribution in [1.29, 1.82) is 0 Å². The van der Waals surface area contributed by atoms with Gasteiger partial charge in [0, 0.05) is 18.8 Å². The summed E-state index contributed by atoms with van der Waals surface area (Å²) in [5.41, 5.74) is 0. The van der Waals surface area contributed by atoms with E-state index in [-0.39, 0.29) is 0 Å². The van der Waals surface area contributed by atoms with Gasteiger partial charge in [-0.2, -0.15) is 0 Å². The molecular formula is C18H32O3. The number of carboxylic acid groups (broad SMARTS) is 1. The number of hydrogen-bond donors (Lipinski definition) is 1. The molecule has 1 N–H and O–H groups in total. The zero-order valence-corrected chi connectivity index (χ0v) is 13.6. The van der Waals surface area contributed by atoms with E-state index in [9.17, 15) is 9.59 Å². The molecule has 0 aromatic rings. The van der Waals surface area contributed by atoms with Crippen LogP contribution in [0.1, 0.15) is 90.4 Å². The van der Waals surface area contributed by atoms with Crippen molar-refractivity contribution in [2.75, 3.05) is 0 Å². The fourth-order valence-electron chi connectivity index (χ4n) is 3.55. The lowest BCUT2D eigenvalue weighted by Crippen LogP contribution is -2.14. The van der Waals surface area contributed by atoms with E-state index in [1.807, 2.05) is 0 Å². The SMILES string of the molecule is CCCCC[C@H]1CCC(=O)[C@@H]1CCCCCCCC(=O)O. The monoisotopic (exact) mass is 296 g/mol. The number of unbranched alkanes of at least 4 members (excludes halogenated alkanes) is 6. The average Bonchev–Trinajstić information content (AvgIpc) is 2.79. The minimum atomic E-state index is -0.693. The van der Waals surface area contributed by atoms with Crippen LogP contribution in [0.3, 0.4) is 0 Å². The van der Waals surface area contributed by atoms with E-state index in [0.29, 0.717) is 24.0 Å². The highest BCUT2D eigenvalue weighted by molar-refractivity contribution is 5.83. The van der Waals surface area contributed by atoms with Crippen molar-refractivity contribution in [2.24, 2.45) is 11.8 Å². The number of Topliss-reactive ketones (excluding diaryl/α,β-unsaturated/α-hetero) is 1. The first-order chi connectivity index (χ1) is 10.1. The highest BCUT2D eigenvalue weighted by Crippen LogP contribution is 2.36. The number of hydrogen-bond acceptors (Lipinski definition) is 2. The molecule has 0 saturated heterocycles. The Bertz CT molecular complexity index is 312. The van der Waals surface area contributed by atoms with Crippen molar-refractivity contribution in [3.05, 3.63) is 0 Å². The summed E-state index contributed by atoms with van der Waals surface area (Å²) in [5, 5.41) is 8.57. The standard InChI is InChI=1S/C18H32O3/c1-2-3-7-10-15-13-14-17(19)16(15)11-8-5-4-6-9-12-18(20)21/h15-16H,2-14H2,1H3,(H,20,21)/t15-,16+/m0/s1. The van der Waals surface area contributed by atoms with Gasteiger partial charge in [-0.25, -0.2) is 0 Å². The molecular weight excluding hydrogens is 264 g/mol. The molecule has 21 heavy (non-hydrogen) atoms. The van der Waals surface area contributed by atoms with Crippen LogP contribution in [0.5, 0.6) is 0 Å². The smallest absolute Gasteiger partial charge is 0.303 e. The molecule has 0 aromatic carbocycles. The first-order valence-corrected chi connectivity index (χ1v) is 8.89. The molecule has 0 unspecified atom stereocenters. The number of carbonyl (C=O) groups excluding carboxylic acids is 1. The summed E-state index contributed by atoms with van der Waals surface area (Å²) in [7, 11) is 0. The first kappa shape index (κ1) is 18.2. The lowest BCUT2D eigenvalue weighted by atomic mass is 9.86. The van der Waals surface area contributed by atoms with Gasteiger partial charge in [-0.15, -0.1) is 0 Å². The van der Waals surface area contributed by atoms with Gasteiger partial charge in [-0.3, -0.25) is 9.59 Å². The summed E-state index contributed by atoms with van der Waals surface area (Å²) in [5.74, 6) is 0.792. The lowest BCUT2D eigenvalue weighted by molar-refractivity contribution is -0.137. The van der Waals surface area contributed by atoms with E-state index in [4.69, 9.17) is 5.11 Å². The Labute approximate surface area is 129 Å². The van der Waals surface area contributed by atoms with E-state index >= 15 is 0 Å². The van der Waals surface area contributed by atoms with Gasteiger partial charge in [0.2, 0.25) is 0 Å². The molecule has 3 nitrogen and oxygen atoms in total. The van der Waals surface area contributed by atoms with Crippen LogP contribution in [-0.2, 0) is 9.59 Å². The second-order valence-corrected chi connectivity index (χ2v) is 6.57. The van der Waals surface area contributed by atoms with Gasteiger partial charge in [0.1, 0.15) is 5.78 Å². The maximum Gasteiger partial charge on any atom is 0.303 e. The van der Waals surface area contributed by atoms with E-state index in [1.54, 1.807) is 0 Å². The molecule has 2 atom stereocenters. The average molecular weight is 296 g/mol. The number of aliphatic carboxylic acids is 1. The van der Waals surface area contributed by atoms with E-state index in [2.05, 4.69) is 6.92 Å². The molecule has 3 heteroatoms. The third kappa shape index (κ3) is 7.63. The molecule has 1 aliphatic carbocycles. The molecule has 122 valence electrons. The van der Waals surface area contributed by atoms with Crippen molar-refractivity contribution < 1.29 is 14.7 Å². The van der Waals surface area contributed by atoms with Crippen LogP contribution in [0, 0.1) is 11.8 Å². The first-order valence-electron chi connectivity index (χ1n) is 8.89. The number of rotatable bonds is 12. The summed E-state index contributed by atoms with van der Waals surface area (Å²) in [6.45, 7) is 2.22. The van der Waals surface area contributed by atoms with Gasteiger partial charge in [-0.05, 0) is 31.6 Å². The molecule has 0 amide bonds. The second-order valence-electron chi connectivity index (χ2n) is 6.57. The summed E-state index contributed by atoms with van der Waals surface area (Å²) in [4.78, 5) is 22.4. The van der Waals surface area contributed by atoms with Crippen LogP contribution in [-0.4, -0.2) is 16.9 Å². The Balaban J connectivity index is 2.10. The van der Waals surface area contributed by atoms with Crippen LogP contribution in [0.15, 0.2) is 0 Å². The minimum absolute atomic E-state index is 0.292. The zero-order valence-electron chi connectivity index (χ0n) is 13.6. The molecule has 1 aliphatic rings. The van der Waals surface area contributed by atoms with E-state index < -0.39 is 5.97 Å². The fraction of sp³-hybridized carbons (Fsp3) is 0.889. The minimum Gasteiger partial charge on any atom is -0.481 e. The van der Waals surface area contributed by atoms with E-state index in [0.717, 1.165) is 51.4 Å². The second kappa shape index (κ2) is 10.8. The van der Waals surface area contributed by atoms with Crippen LogP contribution in [0.4, 0.5) is 0 Å². The predicted octanol–water partition coefficient (Wildman–Crippen LogP) is 4.98. The molecule has 0 spiro atoms. The molecule has 1 rings (SSSR count). The Morgan fingerprint density at radius 2 is 1.71 bits per heavy atom. The fourth-order valence-corrected chi connectivity index (χ4v) is 3.55. The van der Waals surface area contributed by atoms with Crippen molar-refractivity contribution in [3.63, 3.8) is 0 Å². The lowest BCUT2D eigenvalue weighted by Gasteiger charge is -2.18. The Morgan fingerprint density at radius 1 is 1.05 bits per heavy atom. The third-order valence-electron chi connectivity index (χ3n) is 4.83. The molecule has 1 saturated carbocycles. The number of carboxylic acids is 1. The van der Waals surface area contributed by atoms with Crippen molar-refractivity contribution >= 4 is 11.8 Å². The predicted molar refractivity (Wildman–Crippen MR) is 85.3 cm³/mol. The summed E-state index contributed by atoms with van der Waals surface area (Å²) >= 11 is 0. The summed E-state index contributed by atoms with van der Waals surface area (Å²) in [6.07, 6.45) is 13.5. The van der Waals surface area contributed by atoms with Crippen LogP contribution in [0.2, 0.25) is 0 Å². The highest BCUT2D eigenvalue weighted by atomic mass is 16.4. The van der Waals surface area contributed by atoms with Crippen LogP contribution < -0.4 is 0 Å². The van der Waals surface area contributed by atoms with Crippen LogP contribution in [0.25, 0.3) is 0 Å². The van der Waals surface area contributed by atoms with Crippen molar-refractivity contribution in [2.45, 2.75) is 90.4 Å². The Hall–Kier alpha value is -0.860. The maximum absolute atomic E-state index is 12.0. The normalized spacial score (nSPS) is 21.9. The van der Waals surface area contributed by atoms with Crippen LogP contribution >= 0.6 is 0 Å². The largest absolute Gasteiger partial charge is 0.481 e. The Kier molecular flexibility index (Phi) is 9.36. The Morgan fingerprint density at radius 3 is 2.43 bits per heavy atom. The molecule has 0 bridgehead atoms. The van der Waals surface area contributed by atoms with Gasteiger partial charge in [0.25, 0.3) is 0 Å². The highest BCUT2D eigenvalue weighted by Gasteiger charge is 2.33. The van der Waals surface area contributed by atoms with Gasteiger partial charge in [-0.1, -0.05) is 51.9 Å². The topological polar surface area (TPSA) is 54.4 Å². The molecule has 0 aromatic heterocycles. The van der Waals surface area contributed by atoms with Gasteiger partial charge in [0.05, 0.1) is 0 Å². The summed E-state index contributed by atoms with van der Waals surface area (Å²) in [6, 6.07) is 0. The number of carbonyl (C=O) groups is 2.